The third-order valence-corrected chi connectivity index (χ3v) is 2.84. The van der Waals surface area contributed by atoms with Gasteiger partial charge in [0.15, 0.2) is 0 Å². The zero-order valence-corrected chi connectivity index (χ0v) is 11.4. The number of aromatic nitrogens is 2. The number of nitrogens with zero attached hydrogens (tertiary/aromatic N) is 2. The first-order valence-electron chi connectivity index (χ1n) is 5.57. The van der Waals surface area contributed by atoms with Gasteiger partial charge in [-0.2, -0.15) is 5.10 Å². The van der Waals surface area contributed by atoms with Crippen molar-refractivity contribution in [2.24, 2.45) is 0 Å². The molecule has 0 radical (unpaired) electrons. The van der Waals surface area contributed by atoms with E-state index in [0.29, 0.717) is 34.4 Å². The first kappa shape index (κ1) is 13.7. The lowest BCUT2D eigenvalue weighted by Gasteiger charge is -2.06. The molecule has 0 aliphatic carbocycles. The van der Waals surface area contributed by atoms with Crippen LogP contribution >= 0.6 is 23.2 Å². The second kappa shape index (κ2) is 5.95. The van der Waals surface area contributed by atoms with Crippen molar-refractivity contribution in [1.82, 2.24) is 15.1 Å². The minimum absolute atomic E-state index is 0.232. The summed E-state index contributed by atoms with van der Waals surface area (Å²) in [6.07, 6.45) is 3.25. The molecule has 0 fully saturated rings. The lowest BCUT2D eigenvalue weighted by molar-refractivity contribution is 0.0952. The number of hydrogen-bond acceptors (Lipinski definition) is 3. The SMILES string of the molecule is Nc1cnn(CCNC(=O)c2cc(Cl)cc(Cl)c2)c1. The molecule has 0 aliphatic heterocycles. The van der Waals surface area contributed by atoms with Gasteiger partial charge in [-0.15, -0.1) is 0 Å². The van der Waals surface area contributed by atoms with E-state index in [1.54, 1.807) is 35.3 Å². The molecule has 0 saturated carbocycles. The van der Waals surface area contributed by atoms with E-state index in [2.05, 4.69) is 10.4 Å². The minimum Gasteiger partial charge on any atom is -0.396 e. The molecular weight excluding hydrogens is 287 g/mol. The van der Waals surface area contributed by atoms with E-state index >= 15 is 0 Å². The molecule has 7 heteroatoms. The Labute approximate surface area is 120 Å². The van der Waals surface area contributed by atoms with E-state index in [4.69, 9.17) is 28.9 Å². The average Bonchev–Trinajstić information content (AvgIpc) is 2.73. The van der Waals surface area contributed by atoms with Gasteiger partial charge in [0.1, 0.15) is 0 Å². The first-order chi connectivity index (χ1) is 9.04. The predicted molar refractivity (Wildman–Crippen MR) is 75.4 cm³/mol. The van der Waals surface area contributed by atoms with Crippen LogP contribution in [0.25, 0.3) is 0 Å². The number of carbonyl (C=O) groups excluding carboxylic acids is 1. The zero-order chi connectivity index (χ0) is 13.8. The number of rotatable bonds is 4. The lowest BCUT2D eigenvalue weighted by atomic mass is 10.2. The number of nitrogen functional groups attached to an aromatic ring is 1. The minimum atomic E-state index is -0.232. The van der Waals surface area contributed by atoms with Crippen molar-refractivity contribution in [3.63, 3.8) is 0 Å². The van der Waals surface area contributed by atoms with E-state index in [1.165, 1.54) is 0 Å². The molecule has 1 aromatic heterocycles. The molecular formula is C12H12Cl2N4O. The molecule has 0 unspecified atom stereocenters. The van der Waals surface area contributed by atoms with Gasteiger partial charge in [0.2, 0.25) is 0 Å². The van der Waals surface area contributed by atoms with Crippen LogP contribution < -0.4 is 11.1 Å². The molecule has 0 bridgehead atoms. The maximum Gasteiger partial charge on any atom is 0.251 e. The van der Waals surface area contributed by atoms with Crippen molar-refractivity contribution in [1.29, 1.82) is 0 Å². The number of hydrogen-bond donors (Lipinski definition) is 2. The summed E-state index contributed by atoms with van der Waals surface area (Å²) in [4.78, 5) is 11.9. The number of benzene rings is 1. The molecule has 0 aliphatic rings. The molecule has 3 N–H and O–H groups in total. The Bertz CT molecular complexity index is 577. The van der Waals surface area contributed by atoms with Crippen LogP contribution in [0.3, 0.4) is 0 Å². The highest BCUT2D eigenvalue weighted by Gasteiger charge is 2.07. The highest BCUT2D eigenvalue weighted by Crippen LogP contribution is 2.18. The fraction of sp³-hybridized carbons (Fsp3) is 0.167. The largest absolute Gasteiger partial charge is 0.396 e. The van der Waals surface area contributed by atoms with Crippen LogP contribution in [-0.2, 0) is 6.54 Å². The summed E-state index contributed by atoms with van der Waals surface area (Å²) in [6.45, 7) is 0.974. The number of halogens is 2. The Hall–Kier alpha value is -1.72. The van der Waals surface area contributed by atoms with Gasteiger partial charge in [-0.05, 0) is 18.2 Å². The van der Waals surface area contributed by atoms with Crippen molar-refractivity contribution in [3.8, 4) is 0 Å². The molecule has 1 heterocycles. The Kier molecular flexibility index (Phi) is 4.29. The quantitative estimate of drug-likeness (QED) is 0.909. The van der Waals surface area contributed by atoms with Crippen molar-refractivity contribution in [2.75, 3.05) is 12.3 Å². The van der Waals surface area contributed by atoms with Gasteiger partial charge < -0.3 is 11.1 Å². The normalized spacial score (nSPS) is 10.4. The summed E-state index contributed by atoms with van der Waals surface area (Å²) in [5.41, 5.74) is 6.55. The summed E-state index contributed by atoms with van der Waals surface area (Å²) in [6, 6.07) is 4.70. The van der Waals surface area contributed by atoms with Gasteiger partial charge in [-0.25, -0.2) is 0 Å². The van der Waals surface area contributed by atoms with Crippen LogP contribution in [0.1, 0.15) is 10.4 Å². The van der Waals surface area contributed by atoms with Gasteiger partial charge in [0, 0.05) is 28.4 Å². The summed E-state index contributed by atoms with van der Waals surface area (Å²) in [7, 11) is 0. The van der Waals surface area contributed by atoms with E-state index in [9.17, 15) is 4.79 Å². The fourth-order valence-corrected chi connectivity index (χ4v) is 2.10. The van der Waals surface area contributed by atoms with Crippen LogP contribution in [0.5, 0.6) is 0 Å². The average molecular weight is 299 g/mol. The predicted octanol–water partition coefficient (Wildman–Crippen LogP) is 2.20. The molecule has 0 atom stereocenters. The van der Waals surface area contributed by atoms with Crippen LogP contribution in [0.4, 0.5) is 5.69 Å². The zero-order valence-electron chi connectivity index (χ0n) is 9.94. The molecule has 19 heavy (non-hydrogen) atoms. The molecule has 2 rings (SSSR count). The number of nitrogens with two attached hydrogens (primary N) is 1. The van der Waals surface area contributed by atoms with Crippen molar-refractivity contribution >= 4 is 34.8 Å². The van der Waals surface area contributed by atoms with Crippen LogP contribution in [0.15, 0.2) is 30.6 Å². The highest BCUT2D eigenvalue weighted by atomic mass is 35.5. The third kappa shape index (κ3) is 3.87. The van der Waals surface area contributed by atoms with Gasteiger partial charge in [0.05, 0.1) is 18.4 Å². The number of amides is 1. The monoisotopic (exact) mass is 298 g/mol. The third-order valence-electron chi connectivity index (χ3n) is 2.40. The van der Waals surface area contributed by atoms with E-state index in [0.717, 1.165) is 0 Å². The summed E-state index contributed by atoms with van der Waals surface area (Å²) >= 11 is 11.7. The molecule has 1 aromatic carbocycles. The number of nitrogens with one attached hydrogen (secondary N) is 1. The number of carbonyl (C=O) groups is 1. The lowest BCUT2D eigenvalue weighted by Crippen LogP contribution is -2.27. The first-order valence-corrected chi connectivity index (χ1v) is 6.32. The standard InChI is InChI=1S/C12H12Cl2N4O/c13-9-3-8(4-10(14)5-9)12(19)16-1-2-18-7-11(15)6-17-18/h3-7H,1-2,15H2,(H,16,19). The van der Waals surface area contributed by atoms with Crippen molar-refractivity contribution in [2.45, 2.75) is 6.54 Å². The van der Waals surface area contributed by atoms with Crippen molar-refractivity contribution in [3.05, 3.63) is 46.2 Å². The molecule has 100 valence electrons. The van der Waals surface area contributed by atoms with Gasteiger partial charge in [-0.3, -0.25) is 9.48 Å². The second-order valence-electron chi connectivity index (χ2n) is 3.95. The van der Waals surface area contributed by atoms with E-state index < -0.39 is 0 Å². The summed E-state index contributed by atoms with van der Waals surface area (Å²) < 4.78 is 1.65. The molecule has 0 spiro atoms. The Morgan fingerprint density at radius 1 is 1.32 bits per heavy atom. The molecule has 5 nitrogen and oxygen atoms in total. The van der Waals surface area contributed by atoms with E-state index in [-0.39, 0.29) is 5.91 Å². The van der Waals surface area contributed by atoms with Crippen LogP contribution in [0.2, 0.25) is 10.0 Å². The van der Waals surface area contributed by atoms with Gasteiger partial charge >= 0.3 is 0 Å². The number of anilines is 1. The smallest absolute Gasteiger partial charge is 0.251 e. The fourth-order valence-electron chi connectivity index (χ4n) is 1.57. The maximum absolute atomic E-state index is 11.9. The Morgan fingerprint density at radius 2 is 2.00 bits per heavy atom. The van der Waals surface area contributed by atoms with Crippen LogP contribution in [0, 0.1) is 0 Å². The van der Waals surface area contributed by atoms with Gasteiger partial charge in [-0.1, -0.05) is 23.2 Å². The Morgan fingerprint density at radius 3 is 2.58 bits per heavy atom. The Balaban J connectivity index is 1.90. The topological polar surface area (TPSA) is 72.9 Å². The van der Waals surface area contributed by atoms with E-state index in [1.807, 2.05) is 0 Å². The van der Waals surface area contributed by atoms with Gasteiger partial charge in [0.25, 0.3) is 5.91 Å². The molecule has 2 aromatic rings. The second-order valence-corrected chi connectivity index (χ2v) is 4.82. The molecule has 1 amide bonds. The maximum atomic E-state index is 11.9. The summed E-state index contributed by atoms with van der Waals surface area (Å²) in [5, 5.41) is 7.62. The van der Waals surface area contributed by atoms with Crippen molar-refractivity contribution < 1.29 is 4.79 Å². The summed E-state index contributed by atoms with van der Waals surface area (Å²) in [5.74, 6) is -0.232. The molecule has 0 saturated heterocycles. The highest BCUT2D eigenvalue weighted by molar-refractivity contribution is 6.35. The van der Waals surface area contributed by atoms with Crippen LogP contribution in [-0.4, -0.2) is 22.2 Å².